The highest BCUT2D eigenvalue weighted by atomic mass is 35.5. The fourth-order valence-electron chi connectivity index (χ4n) is 1.90. The van der Waals surface area contributed by atoms with Gasteiger partial charge in [0.1, 0.15) is 28.8 Å². The Morgan fingerprint density at radius 1 is 1.00 bits per heavy atom. The standard InChI is InChI=1S/C16H9Cl2F5N2O3/c17-14(18)16(22,23)28-7-4-5-11(10(21)6-7)24-15(27)25-13(26)12-8(19)2-1-3-9(12)20/h1-6,14H,(H2,24,25,26,27). The summed E-state index contributed by atoms with van der Waals surface area (Å²) in [5.74, 6) is -5.70. The number of amides is 3. The fraction of sp³-hybridized carbons (Fsp3) is 0.125. The lowest BCUT2D eigenvalue weighted by Gasteiger charge is -2.19. The van der Waals surface area contributed by atoms with E-state index in [-0.39, 0.29) is 0 Å². The van der Waals surface area contributed by atoms with E-state index < -0.39 is 57.3 Å². The Hall–Kier alpha value is -2.59. The van der Waals surface area contributed by atoms with Crippen LogP contribution in [-0.4, -0.2) is 22.9 Å². The van der Waals surface area contributed by atoms with Crippen LogP contribution in [0, 0.1) is 17.5 Å². The van der Waals surface area contributed by atoms with Gasteiger partial charge in [-0.1, -0.05) is 29.3 Å². The molecule has 0 saturated carbocycles. The Labute approximate surface area is 164 Å². The third-order valence-corrected chi connectivity index (χ3v) is 3.62. The third kappa shape index (κ3) is 5.23. The van der Waals surface area contributed by atoms with E-state index >= 15 is 0 Å². The predicted molar refractivity (Wildman–Crippen MR) is 90.3 cm³/mol. The van der Waals surface area contributed by atoms with Crippen molar-refractivity contribution < 1.29 is 36.3 Å². The van der Waals surface area contributed by atoms with Crippen molar-refractivity contribution in [3.8, 4) is 5.75 Å². The second-order valence-electron chi connectivity index (χ2n) is 5.11. The Morgan fingerprint density at radius 3 is 2.14 bits per heavy atom. The molecule has 2 aromatic rings. The number of hydrogen-bond acceptors (Lipinski definition) is 3. The molecule has 3 amide bonds. The molecule has 0 fully saturated rings. The van der Waals surface area contributed by atoms with Gasteiger partial charge in [-0.2, -0.15) is 8.78 Å². The van der Waals surface area contributed by atoms with E-state index in [1.165, 1.54) is 0 Å². The van der Waals surface area contributed by atoms with E-state index in [0.717, 1.165) is 30.3 Å². The largest absolute Gasteiger partial charge is 0.430 e. The molecule has 12 heteroatoms. The predicted octanol–water partition coefficient (Wildman–Crippen LogP) is 4.84. The summed E-state index contributed by atoms with van der Waals surface area (Å²) < 4.78 is 71.6. The van der Waals surface area contributed by atoms with Crippen molar-refractivity contribution in [2.75, 3.05) is 5.32 Å². The van der Waals surface area contributed by atoms with Gasteiger partial charge in [-0.05, 0) is 24.3 Å². The SMILES string of the molecule is O=C(NC(=O)c1c(F)cccc1F)Nc1ccc(OC(F)(F)C(Cl)Cl)cc1F. The summed E-state index contributed by atoms with van der Waals surface area (Å²) in [5.41, 5.74) is -1.55. The van der Waals surface area contributed by atoms with Gasteiger partial charge >= 0.3 is 12.1 Å². The smallest absolute Gasteiger partial charge is 0.428 e. The minimum Gasteiger partial charge on any atom is -0.430 e. The van der Waals surface area contributed by atoms with E-state index in [0.29, 0.717) is 6.07 Å². The summed E-state index contributed by atoms with van der Waals surface area (Å²) in [4.78, 5) is 21.3. The maximum atomic E-state index is 13.9. The highest BCUT2D eigenvalue weighted by Crippen LogP contribution is 2.31. The maximum absolute atomic E-state index is 13.9. The molecular formula is C16H9Cl2F5N2O3. The summed E-state index contributed by atoms with van der Waals surface area (Å²) in [6, 6.07) is 3.49. The van der Waals surface area contributed by atoms with Crippen LogP contribution >= 0.6 is 23.2 Å². The summed E-state index contributed by atoms with van der Waals surface area (Å²) in [6.07, 6.45) is -4.00. The van der Waals surface area contributed by atoms with Crippen LogP contribution in [0.1, 0.15) is 10.4 Å². The van der Waals surface area contributed by atoms with Crippen LogP contribution in [0.25, 0.3) is 0 Å². The summed E-state index contributed by atoms with van der Waals surface area (Å²) in [7, 11) is 0. The zero-order valence-corrected chi connectivity index (χ0v) is 14.9. The van der Waals surface area contributed by atoms with Crippen molar-refractivity contribution in [1.82, 2.24) is 5.32 Å². The molecule has 150 valence electrons. The highest BCUT2D eigenvalue weighted by Gasteiger charge is 2.40. The number of imide groups is 1. The minimum absolute atomic E-state index is 0.498. The first-order chi connectivity index (χ1) is 13.0. The molecule has 2 N–H and O–H groups in total. The van der Waals surface area contributed by atoms with Crippen molar-refractivity contribution in [3.63, 3.8) is 0 Å². The topological polar surface area (TPSA) is 67.4 Å². The molecule has 0 spiro atoms. The van der Waals surface area contributed by atoms with Crippen molar-refractivity contribution in [3.05, 3.63) is 59.4 Å². The molecular weight excluding hydrogens is 434 g/mol. The second kappa shape index (κ2) is 8.61. The molecule has 0 aliphatic heterocycles. The number of nitrogens with one attached hydrogen (secondary N) is 2. The van der Waals surface area contributed by atoms with Gasteiger partial charge in [-0.15, -0.1) is 0 Å². The summed E-state index contributed by atoms with van der Waals surface area (Å²) >= 11 is 10.1. The zero-order valence-electron chi connectivity index (χ0n) is 13.4. The van der Waals surface area contributed by atoms with Crippen molar-refractivity contribution >= 4 is 40.8 Å². The quantitative estimate of drug-likeness (QED) is 0.514. The molecule has 0 radical (unpaired) electrons. The molecule has 0 aliphatic carbocycles. The Balaban J connectivity index is 2.07. The molecule has 0 atom stereocenters. The van der Waals surface area contributed by atoms with Gasteiger partial charge in [-0.3, -0.25) is 10.1 Å². The zero-order chi connectivity index (χ0) is 21.1. The van der Waals surface area contributed by atoms with Gasteiger partial charge in [0.25, 0.3) is 5.91 Å². The molecule has 0 aromatic heterocycles. The first kappa shape index (κ1) is 21.7. The molecule has 0 heterocycles. The monoisotopic (exact) mass is 442 g/mol. The van der Waals surface area contributed by atoms with Gasteiger partial charge in [0, 0.05) is 6.07 Å². The van der Waals surface area contributed by atoms with Crippen LogP contribution in [0.2, 0.25) is 0 Å². The van der Waals surface area contributed by atoms with Crippen LogP contribution in [0.4, 0.5) is 32.4 Å². The first-order valence-electron chi connectivity index (χ1n) is 7.22. The first-order valence-corrected chi connectivity index (χ1v) is 8.09. The van der Waals surface area contributed by atoms with Crippen LogP contribution in [0.15, 0.2) is 36.4 Å². The van der Waals surface area contributed by atoms with Crippen molar-refractivity contribution in [2.24, 2.45) is 0 Å². The van der Waals surface area contributed by atoms with Gasteiger partial charge in [0.15, 0.2) is 0 Å². The van der Waals surface area contributed by atoms with Gasteiger partial charge in [0.05, 0.1) is 5.69 Å². The van der Waals surface area contributed by atoms with E-state index in [2.05, 4.69) is 4.74 Å². The molecule has 2 aromatic carbocycles. The number of hydrogen-bond donors (Lipinski definition) is 2. The van der Waals surface area contributed by atoms with Gasteiger partial charge in [-0.25, -0.2) is 18.0 Å². The van der Waals surface area contributed by atoms with E-state index in [1.807, 2.05) is 5.32 Å². The number of alkyl halides is 4. The number of carbonyl (C=O) groups excluding carboxylic acids is 2. The average Bonchev–Trinajstić information content (AvgIpc) is 2.56. The number of urea groups is 1. The number of rotatable bonds is 5. The van der Waals surface area contributed by atoms with Crippen LogP contribution in [-0.2, 0) is 0 Å². The lowest BCUT2D eigenvalue weighted by molar-refractivity contribution is -0.163. The Morgan fingerprint density at radius 2 is 1.61 bits per heavy atom. The Kier molecular flexibility index (Phi) is 6.68. The van der Waals surface area contributed by atoms with E-state index in [9.17, 15) is 31.5 Å². The molecule has 0 saturated heterocycles. The number of anilines is 1. The van der Waals surface area contributed by atoms with Crippen LogP contribution < -0.4 is 15.4 Å². The molecule has 28 heavy (non-hydrogen) atoms. The average molecular weight is 443 g/mol. The minimum atomic E-state index is -4.00. The molecule has 0 aliphatic rings. The summed E-state index contributed by atoms with van der Waals surface area (Å²) in [6.45, 7) is 0. The lowest BCUT2D eigenvalue weighted by atomic mass is 10.2. The molecule has 0 unspecified atom stereocenters. The van der Waals surface area contributed by atoms with Crippen molar-refractivity contribution in [1.29, 1.82) is 0 Å². The molecule has 2 rings (SSSR count). The fourth-order valence-corrected chi connectivity index (χ4v) is 1.99. The summed E-state index contributed by atoms with van der Waals surface area (Å²) in [5, 5.41) is 3.48. The van der Waals surface area contributed by atoms with Crippen LogP contribution in [0.5, 0.6) is 5.75 Å². The van der Waals surface area contributed by atoms with Crippen molar-refractivity contribution in [2.45, 2.75) is 10.9 Å². The lowest BCUT2D eigenvalue weighted by Crippen LogP contribution is -2.35. The number of ether oxygens (including phenoxy) is 1. The maximum Gasteiger partial charge on any atom is 0.428 e. The second-order valence-corrected chi connectivity index (χ2v) is 6.21. The number of benzene rings is 2. The normalized spacial score (nSPS) is 11.3. The van der Waals surface area contributed by atoms with Crippen LogP contribution in [0.3, 0.4) is 0 Å². The number of halogens is 7. The molecule has 5 nitrogen and oxygen atoms in total. The molecule has 0 bridgehead atoms. The van der Waals surface area contributed by atoms with Gasteiger partial charge < -0.3 is 10.1 Å². The third-order valence-electron chi connectivity index (χ3n) is 3.11. The van der Waals surface area contributed by atoms with Gasteiger partial charge in [0.2, 0.25) is 4.84 Å². The van der Waals surface area contributed by atoms with E-state index in [1.54, 1.807) is 5.32 Å². The number of carbonyl (C=O) groups is 2. The van der Waals surface area contributed by atoms with E-state index in [4.69, 9.17) is 23.2 Å². The highest BCUT2D eigenvalue weighted by molar-refractivity contribution is 6.44. The Bertz CT molecular complexity index is 892.